The Kier molecular flexibility index (Phi) is 3.09. The van der Waals surface area contributed by atoms with Crippen LogP contribution in [-0.2, 0) is 4.74 Å². The highest BCUT2D eigenvalue weighted by Gasteiger charge is 2.17. The summed E-state index contributed by atoms with van der Waals surface area (Å²) in [5, 5.41) is 9.14. The zero-order chi connectivity index (χ0) is 8.27. The van der Waals surface area contributed by atoms with Gasteiger partial charge in [0.05, 0.1) is 18.8 Å². The minimum Gasteiger partial charge on any atom is -0.393 e. The normalized spacial score (nSPS) is 28.8. The van der Waals surface area contributed by atoms with Crippen LogP contribution in [0.5, 0.6) is 0 Å². The standard InChI is InChI=1S/C9H16O2/c1-7(8(2)10)4-3-5-9-6-11-9/h3,5,7-10H,4,6H2,1-2H3. The molecule has 3 unspecified atom stereocenters. The lowest BCUT2D eigenvalue weighted by molar-refractivity contribution is 0.136. The zero-order valence-electron chi connectivity index (χ0n) is 7.16. The molecule has 3 atom stereocenters. The molecule has 1 aliphatic heterocycles. The van der Waals surface area contributed by atoms with Gasteiger partial charge in [-0.25, -0.2) is 0 Å². The van der Waals surface area contributed by atoms with Crippen LogP contribution >= 0.6 is 0 Å². The Morgan fingerprint density at radius 3 is 2.73 bits per heavy atom. The maximum absolute atomic E-state index is 9.14. The molecular weight excluding hydrogens is 140 g/mol. The molecule has 1 rings (SSSR count). The Morgan fingerprint density at radius 1 is 1.64 bits per heavy atom. The second-order valence-electron chi connectivity index (χ2n) is 3.25. The molecule has 1 N–H and O–H groups in total. The molecule has 1 heterocycles. The second kappa shape index (κ2) is 3.88. The molecule has 0 saturated carbocycles. The monoisotopic (exact) mass is 156 g/mol. The summed E-state index contributed by atoms with van der Waals surface area (Å²) in [5.74, 6) is 0.352. The van der Waals surface area contributed by atoms with Crippen LogP contribution in [0.25, 0.3) is 0 Å². The summed E-state index contributed by atoms with van der Waals surface area (Å²) in [4.78, 5) is 0. The first-order chi connectivity index (χ1) is 5.20. The topological polar surface area (TPSA) is 32.8 Å². The van der Waals surface area contributed by atoms with Crippen LogP contribution in [-0.4, -0.2) is 23.9 Å². The van der Waals surface area contributed by atoms with E-state index in [0.29, 0.717) is 12.0 Å². The van der Waals surface area contributed by atoms with Gasteiger partial charge in [0.2, 0.25) is 0 Å². The molecule has 0 aromatic rings. The fourth-order valence-corrected chi connectivity index (χ4v) is 0.809. The van der Waals surface area contributed by atoms with E-state index in [1.165, 1.54) is 0 Å². The highest BCUT2D eigenvalue weighted by Crippen LogP contribution is 2.13. The molecule has 1 aliphatic rings. The van der Waals surface area contributed by atoms with Crippen molar-refractivity contribution in [3.63, 3.8) is 0 Å². The first-order valence-corrected chi connectivity index (χ1v) is 4.16. The van der Waals surface area contributed by atoms with Crippen molar-refractivity contribution in [2.75, 3.05) is 6.61 Å². The number of rotatable bonds is 4. The van der Waals surface area contributed by atoms with Gasteiger partial charge in [-0.05, 0) is 19.3 Å². The third kappa shape index (κ3) is 3.54. The van der Waals surface area contributed by atoms with Gasteiger partial charge in [0, 0.05) is 0 Å². The van der Waals surface area contributed by atoms with Crippen LogP contribution in [0.15, 0.2) is 12.2 Å². The molecule has 2 heteroatoms. The fraction of sp³-hybridized carbons (Fsp3) is 0.778. The van der Waals surface area contributed by atoms with E-state index in [2.05, 4.69) is 12.2 Å². The van der Waals surface area contributed by atoms with Crippen LogP contribution in [0.4, 0.5) is 0 Å². The number of hydrogen-bond acceptors (Lipinski definition) is 2. The first-order valence-electron chi connectivity index (χ1n) is 4.16. The van der Waals surface area contributed by atoms with Gasteiger partial charge in [-0.2, -0.15) is 0 Å². The van der Waals surface area contributed by atoms with Gasteiger partial charge in [0.1, 0.15) is 0 Å². The van der Waals surface area contributed by atoms with Gasteiger partial charge in [0.15, 0.2) is 0 Å². The molecule has 0 aliphatic carbocycles. The van der Waals surface area contributed by atoms with Crippen molar-refractivity contribution >= 4 is 0 Å². The predicted molar refractivity (Wildman–Crippen MR) is 44.3 cm³/mol. The van der Waals surface area contributed by atoms with Crippen molar-refractivity contribution < 1.29 is 9.84 Å². The lowest BCUT2D eigenvalue weighted by atomic mass is 10.0. The summed E-state index contributed by atoms with van der Waals surface area (Å²) >= 11 is 0. The molecule has 0 spiro atoms. The zero-order valence-corrected chi connectivity index (χ0v) is 7.16. The van der Waals surface area contributed by atoms with E-state index in [4.69, 9.17) is 9.84 Å². The van der Waals surface area contributed by atoms with Gasteiger partial charge in [0.25, 0.3) is 0 Å². The van der Waals surface area contributed by atoms with Crippen LogP contribution in [0.1, 0.15) is 20.3 Å². The summed E-state index contributed by atoms with van der Waals surface area (Å²) in [7, 11) is 0. The van der Waals surface area contributed by atoms with Crippen LogP contribution < -0.4 is 0 Å². The van der Waals surface area contributed by atoms with Crippen LogP contribution in [0.2, 0.25) is 0 Å². The van der Waals surface area contributed by atoms with Crippen molar-refractivity contribution in [1.82, 2.24) is 0 Å². The summed E-state index contributed by atoms with van der Waals surface area (Å²) in [6.45, 7) is 4.74. The lowest BCUT2D eigenvalue weighted by Crippen LogP contribution is -2.11. The number of epoxide rings is 1. The molecule has 0 radical (unpaired) electrons. The van der Waals surface area contributed by atoms with E-state index >= 15 is 0 Å². The lowest BCUT2D eigenvalue weighted by Gasteiger charge is -2.10. The predicted octanol–water partition coefficient (Wildman–Crippen LogP) is 1.35. The molecule has 0 aromatic heterocycles. The Hall–Kier alpha value is -0.340. The van der Waals surface area contributed by atoms with E-state index < -0.39 is 0 Å². The highest BCUT2D eigenvalue weighted by molar-refractivity contribution is 4.96. The quantitative estimate of drug-likeness (QED) is 0.492. The van der Waals surface area contributed by atoms with Crippen molar-refractivity contribution in [2.24, 2.45) is 5.92 Å². The Bertz CT molecular complexity index is 136. The largest absolute Gasteiger partial charge is 0.393 e. The van der Waals surface area contributed by atoms with Crippen molar-refractivity contribution in [3.8, 4) is 0 Å². The van der Waals surface area contributed by atoms with Gasteiger partial charge in [-0.3, -0.25) is 0 Å². The number of allylic oxidation sites excluding steroid dienone is 1. The van der Waals surface area contributed by atoms with Gasteiger partial charge < -0.3 is 9.84 Å². The van der Waals surface area contributed by atoms with E-state index in [0.717, 1.165) is 13.0 Å². The maximum atomic E-state index is 9.14. The molecular formula is C9H16O2. The highest BCUT2D eigenvalue weighted by atomic mass is 16.6. The van der Waals surface area contributed by atoms with E-state index in [9.17, 15) is 0 Å². The van der Waals surface area contributed by atoms with Gasteiger partial charge in [-0.1, -0.05) is 19.1 Å². The molecule has 0 aromatic carbocycles. The molecule has 0 amide bonds. The molecule has 0 bridgehead atoms. The SMILES string of the molecule is CC(O)C(C)CC=CC1CO1. The Labute approximate surface area is 67.9 Å². The summed E-state index contributed by atoms with van der Waals surface area (Å²) in [6.07, 6.45) is 5.27. The minimum absolute atomic E-state index is 0.209. The Balaban J connectivity index is 2.09. The summed E-state index contributed by atoms with van der Waals surface area (Å²) < 4.78 is 5.00. The van der Waals surface area contributed by atoms with Gasteiger partial charge in [-0.15, -0.1) is 0 Å². The number of aliphatic hydroxyl groups is 1. The molecule has 64 valence electrons. The summed E-state index contributed by atoms with van der Waals surface area (Å²) in [6, 6.07) is 0. The molecule has 1 fully saturated rings. The third-order valence-electron chi connectivity index (χ3n) is 2.04. The van der Waals surface area contributed by atoms with Crippen molar-refractivity contribution in [1.29, 1.82) is 0 Å². The molecule has 11 heavy (non-hydrogen) atoms. The first kappa shape index (κ1) is 8.75. The summed E-state index contributed by atoms with van der Waals surface area (Å²) in [5.41, 5.74) is 0. The number of aliphatic hydroxyl groups excluding tert-OH is 1. The van der Waals surface area contributed by atoms with E-state index in [1.807, 2.05) is 13.8 Å². The molecule has 2 nitrogen and oxygen atoms in total. The van der Waals surface area contributed by atoms with Crippen molar-refractivity contribution in [3.05, 3.63) is 12.2 Å². The smallest absolute Gasteiger partial charge is 0.0991 e. The number of ether oxygens (including phenoxy) is 1. The minimum atomic E-state index is -0.209. The van der Waals surface area contributed by atoms with E-state index in [1.54, 1.807) is 0 Å². The average molecular weight is 156 g/mol. The van der Waals surface area contributed by atoms with Crippen molar-refractivity contribution in [2.45, 2.75) is 32.5 Å². The Morgan fingerprint density at radius 2 is 2.27 bits per heavy atom. The van der Waals surface area contributed by atoms with E-state index in [-0.39, 0.29) is 6.10 Å². The second-order valence-corrected chi connectivity index (χ2v) is 3.25. The fourth-order valence-electron chi connectivity index (χ4n) is 0.809. The molecule has 1 saturated heterocycles. The average Bonchev–Trinajstić information content (AvgIpc) is 2.71. The maximum Gasteiger partial charge on any atom is 0.0991 e. The van der Waals surface area contributed by atoms with Crippen LogP contribution in [0.3, 0.4) is 0 Å². The van der Waals surface area contributed by atoms with Crippen LogP contribution in [0, 0.1) is 5.92 Å². The van der Waals surface area contributed by atoms with Gasteiger partial charge >= 0.3 is 0 Å². The number of hydrogen-bond donors (Lipinski definition) is 1. The third-order valence-corrected chi connectivity index (χ3v) is 2.04.